The van der Waals surface area contributed by atoms with Gasteiger partial charge < -0.3 is 29.7 Å². The average Bonchev–Trinajstić information content (AvgIpc) is 3.14. The Balaban J connectivity index is 0.000000826. The summed E-state index contributed by atoms with van der Waals surface area (Å²) in [5.41, 5.74) is 1.43. The van der Waals surface area contributed by atoms with E-state index >= 15 is 0 Å². The Hall–Kier alpha value is -2.74. The van der Waals surface area contributed by atoms with Crippen LogP contribution in [0.1, 0.15) is 71.3 Å². The summed E-state index contributed by atoms with van der Waals surface area (Å²) in [7, 11) is 6.55. The van der Waals surface area contributed by atoms with Gasteiger partial charge in [-0.1, -0.05) is 46.5 Å². The molecular formula is C28H47N3O5. The SMILES string of the molecule is CC.CCCOC.COc1ccc(OC)c2c1/C=C/C(=O)N(C)C(C(=O)NC1CCCCCC1)CN2. The molecule has 0 bridgehead atoms. The Kier molecular flexibility index (Phi) is 15.3. The fourth-order valence-electron chi connectivity index (χ4n) is 4.23. The van der Waals surface area contributed by atoms with Crippen LogP contribution in [0.5, 0.6) is 11.5 Å². The highest BCUT2D eigenvalue weighted by Crippen LogP contribution is 2.37. The second-order valence-electron chi connectivity index (χ2n) is 8.63. The fourth-order valence-corrected chi connectivity index (χ4v) is 4.23. The van der Waals surface area contributed by atoms with Gasteiger partial charge in [-0.05, 0) is 37.5 Å². The predicted molar refractivity (Wildman–Crippen MR) is 147 cm³/mol. The van der Waals surface area contributed by atoms with Crippen LogP contribution >= 0.6 is 0 Å². The zero-order valence-corrected chi connectivity index (χ0v) is 23.3. The van der Waals surface area contributed by atoms with Crippen LogP contribution in [0.4, 0.5) is 5.69 Å². The van der Waals surface area contributed by atoms with Gasteiger partial charge in [0.1, 0.15) is 17.5 Å². The Labute approximate surface area is 217 Å². The minimum Gasteiger partial charge on any atom is -0.496 e. The van der Waals surface area contributed by atoms with Gasteiger partial charge in [-0.25, -0.2) is 0 Å². The maximum Gasteiger partial charge on any atom is 0.247 e. The van der Waals surface area contributed by atoms with E-state index in [2.05, 4.69) is 17.6 Å². The number of nitrogens with zero attached hydrogens (tertiary/aromatic N) is 1. The molecule has 204 valence electrons. The molecule has 0 aromatic heterocycles. The first-order chi connectivity index (χ1) is 17.5. The summed E-state index contributed by atoms with van der Waals surface area (Å²) in [4.78, 5) is 27.3. The number of carbonyl (C=O) groups excluding carboxylic acids is 2. The zero-order chi connectivity index (χ0) is 26.9. The number of hydrogen-bond acceptors (Lipinski definition) is 6. The summed E-state index contributed by atoms with van der Waals surface area (Å²) < 4.78 is 15.6. The standard InChI is InChI=1S/C22H31N3O4.C4H10O.C2H6/c1-25-17(22(27)24-15-8-6-4-5-7-9-15)14-23-21-16(10-13-20(25)26)18(28-2)11-12-19(21)29-3;1-3-4-5-2;1-2/h10-13,15,17,23H,4-9,14H2,1-3H3,(H,24,27);3-4H2,1-2H3;1-2H3/b13-10+;;. The minimum absolute atomic E-state index is 0.126. The molecule has 1 aromatic carbocycles. The summed E-state index contributed by atoms with van der Waals surface area (Å²) in [6.45, 7) is 7.25. The number of amides is 2. The molecular weight excluding hydrogens is 458 g/mol. The molecule has 2 amide bonds. The highest BCUT2D eigenvalue weighted by Gasteiger charge is 2.29. The third-order valence-electron chi connectivity index (χ3n) is 6.20. The van der Waals surface area contributed by atoms with Gasteiger partial charge in [-0.15, -0.1) is 0 Å². The van der Waals surface area contributed by atoms with Crippen molar-refractivity contribution < 1.29 is 23.8 Å². The van der Waals surface area contributed by atoms with Gasteiger partial charge in [0.25, 0.3) is 0 Å². The van der Waals surface area contributed by atoms with Crippen LogP contribution in [0.15, 0.2) is 18.2 Å². The van der Waals surface area contributed by atoms with Crippen LogP contribution in [0, 0.1) is 0 Å². The van der Waals surface area contributed by atoms with Crippen molar-refractivity contribution in [3.63, 3.8) is 0 Å². The maximum absolute atomic E-state index is 13.1. The van der Waals surface area contributed by atoms with Gasteiger partial charge in [0.05, 0.1) is 19.9 Å². The van der Waals surface area contributed by atoms with E-state index in [-0.39, 0.29) is 24.4 Å². The minimum atomic E-state index is -0.628. The molecule has 1 saturated carbocycles. The van der Waals surface area contributed by atoms with Gasteiger partial charge in [0.15, 0.2) is 0 Å². The molecule has 3 rings (SSSR count). The van der Waals surface area contributed by atoms with Crippen LogP contribution in [0.2, 0.25) is 0 Å². The lowest BCUT2D eigenvalue weighted by Crippen LogP contribution is -2.52. The van der Waals surface area contributed by atoms with Gasteiger partial charge >= 0.3 is 0 Å². The number of fused-ring (bicyclic) bond motifs is 1. The smallest absolute Gasteiger partial charge is 0.247 e. The summed E-state index contributed by atoms with van der Waals surface area (Å²) in [5.74, 6) is 0.899. The van der Waals surface area contributed by atoms with E-state index in [9.17, 15) is 9.59 Å². The second kappa shape index (κ2) is 17.7. The lowest BCUT2D eigenvalue weighted by atomic mass is 10.1. The highest BCUT2D eigenvalue weighted by molar-refractivity contribution is 5.97. The summed E-state index contributed by atoms with van der Waals surface area (Å²) in [5, 5.41) is 6.49. The third-order valence-corrected chi connectivity index (χ3v) is 6.20. The van der Waals surface area contributed by atoms with Crippen LogP contribution in [0.3, 0.4) is 0 Å². The molecule has 8 heteroatoms. The summed E-state index contributed by atoms with van der Waals surface area (Å²) in [6, 6.07) is 3.16. The lowest BCUT2D eigenvalue weighted by molar-refractivity contribution is -0.135. The first-order valence-corrected chi connectivity index (χ1v) is 13.2. The molecule has 1 heterocycles. The van der Waals surface area contributed by atoms with Crippen molar-refractivity contribution in [3.8, 4) is 11.5 Å². The van der Waals surface area contributed by atoms with Crippen molar-refractivity contribution in [2.24, 2.45) is 0 Å². The quantitative estimate of drug-likeness (QED) is 0.536. The Morgan fingerprint density at radius 3 is 2.17 bits per heavy atom. The van der Waals surface area contributed by atoms with E-state index in [4.69, 9.17) is 14.2 Å². The Morgan fingerprint density at radius 2 is 1.64 bits per heavy atom. The first-order valence-electron chi connectivity index (χ1n) is 13.2. The molecule has 1 aromatic rings. The Bertz CT molecular complexity index is 818. The van der Waals surface area contributed by atoms with Crippen molar-refractivity contribution in [1.29, 1.82) is 0 Å². The topological polar surface area (TPSA) is 89.1 Å². The average molecular weight is 506 g/mol. The molecule has 2 aliphatic rings. The van der Waals surface area contributed by atoms with E-state index in [0.717, 1.165) is 44.3 Å². The molecule has 0 saturated heterocycles. The van der Waals surface area contributed by atoms with Crippen molar-refractivity contribution in [2.45, 2.75) is 77.8 Å². The molecule has 36 heavy (non-hydrogen) atoms. The van der Waals surface area contributed by atoms with Crippen LogP contribution in [-0.2, 0) is 14.3 Å². The van der Waals surface area contributed by atoms with Crippen molar-refractivity contribution in [3.05, 3.63) is 23.8 Å². The molecule has 1 aliphatic heterocycles. The number of benzene rings is 1. The molecule has 1 unspecified atom stereocenters. The second-order valence-corrected chi connectivity index (χ2v) is 8.63. The molecule has 0 spiro atoms. The molecule has 1 atom stereocenters. The third kappa shape index (κ3) is 9.37. The van der Waals surface area contributed by atoms with Gasteiger partial charge in [0, 0.05) is 45.0 Å². The number of hydrogen-bond donors (Lipinski definition) is 2. The fraction of sp³-hybridized carbons (Fsp3) is 0.643. The Morgan fingerprint density at radius 1 is 1.03 bits per heavy atom. The normalized spacial score (nSPS) is 18.7. The van der Waals surface area contributed by atoms with Crippen molar-refractivity contribution in [2.75, 3.05) is 46.8 Å². The number of carbonyl (C=O) groups is 2. The highest BCUT2D eigenvalue weighted by atomic mass is 16.5. The molecule has 1 aliphatic carbocycles. The van der Waals surface area contributed by atoms with E-state index < -0.39 is 6.04 Å². The molecule has 8 nitrogen and oxygen atoms in total. The van der Waals surface area contributed by atoms with Gasteiger partial charge in [-0.3, -0.25) is 9.59 Å². The van der Waals surface area contributed by atoms with E-state index in [1.807, 2.05) is 19.9 Å². The first kappa shape index (κ1) is 31.3. The van der Waals surface area contributed by atoms with E-state index in [1.165, 1.54) is 23.8 Å². The molecule has 2 N–H and O–H groups in total. The number of anilines is 1. The zero-order valence-electron chi connectivity index (χ0n) is 23.3. The van der Waals surface area contributed by atoms with Gasteiger partial charge in [0.2, 0.25) is 11.8 Å². The number of methoxy groups -OCH3 is 3. The number of rotatable bonds is 6. The summed E-state index contributed by atoms with van der Waals surface area (Å²) >= 11 is 0. The lowest BCUT2D eigenvalue weighted by Gasteiger charge is -2.29. The number of likely N-dealkylation sites (N-methyl/N-ethyl adjacent to an activating group) is 1. The van der Waals surface area contributed by atoms with Gasteiger partial charge in [-0.2, -0.15) is 0 Å². The van der Waals surface area contributed by atoms with Crippen LogP contribution < -0.4 is 20.1 Å². The summed E-state index contributed by atoms with van der Waals surface area (Å²) in [6.07, 6.45) is 11.0. The van der Waals surface area contributed by atoms with E-state index in [0.29, 0.717) is 17.2 Å². The van der Waals surface area contributed by atoms with Crippen molar-refractivity contribution in [1.82, 2.24) is 10.2 Å². The molecule has 0 radical (unpaired) electrons. The number of nitrogens with one attached hydrogen (secondary N) is 2. The molecule has 1 fully saturated rings. The van der Waals surface area contributed by atoms with Crippen LogP contribution in [-0.4, -0.2) is 70.3 Å². The monoisotopic (exact) mass is 505 g/mol. The number of ether oxygens (including phenoxy) is 3. The maximum atomic E-state index is 13.1. The largest absolute Gasteiger partial charge is 0.496 e. The predicted octanol–water partition coefficient (Wildman–Crippen LogP) is 4.88. The van der Waals surface area contributed by atoms with Crippen LogP contribution in [0.25, 0.3) is 6.08 Å². The van der Waals surface area contributed by atoms with Crippen molar-refractivity contribution >= 4 is 23.6 Å². The van der Waals surface area contributed by atoms with E-state index in [1.54, 1.807) is 40.5 Å².